The first-order valence-corrected chi connectivity index (χ1v) is 6.92. The topological polar surface area (TPSA) is 108 Å². The molecule has 0 saturated carbocycles. The van der Waals surface area contributed by atoms with Gasteiger partial charge in [0.15, 0.2) is 0 Å². The number of hydrogen-bond acceptors (Lipinski definition) is 6. The molecule has 0 unspecified atom stereocenters. The Morgan fingerprint density at radius 2 is 2.17 bits per heavy atom. The maximum atomic E-state index is 11.7. The third-order valence-corrected chi connectivity index (χ3v) is 2.78. The van der Waals surface area contributed by atoms with E-state index in [4.69, 9.17) is 9.47 Å². The number of hydrogen-bond donors (Lipinski definition) is 1. The Bertz CT molecular complexity index is 587. The molecule has 0 saturated heterocycles. The molecule has 23 heavy (non-hydrogen) atoms. The number of carbonyl (C=O) groups is 2. The maximum absolute atomic E-state index is 11.7. The second-order valence-electron chi connectivity index (χ2n) is 4.45. The lowest BCUT2D eigenvalue weighted by Crippen LogP contribution is -2.31. The molecule has 0 radical (unpaired) electrons. The van der Waals surface area contributed by atoms with Crippen molar-refractivity contribution in [1.29, 1.82) is 0 Å². The van der Waals surface area contributed by atoms with Crippen molar-refractivity contribution in [3.05, 3.63) is 52.6 Å². The fourth-order valence-corrected chi connectivity index (χ4v) is 1.81. The van der Waals surface area contributed by atoms with Crippen molar-refractivity contribution in [2.24, 2.45) is 0 Å². The monoisotopic (exact) mass is 322 g/mol. The second kappa shape index (κ2) is 9.19. The van der Waals surface area contributed by atoms with Gasteiger partial charge in [0.1, 0.15) is 6.61 Å². The molecular formula is C15H18N2O6. The largest absolute Gasteiger partial charge is 0.466 e. The van der Waals surface area contributed by atoms with Gasteiger partial charge in [0.05, 0.1) is 24.0 Å². The predicted molar refractivity (Wildman–Crippen MR) is 81.8 cm³/mol. The van der Waals surface area contributed by atoms with E-state index >= 15 is 0 Å². The first-order valence-electron chi connectivity index (χ1n) is 6.92. The van der Waals surface area contributed by atoms with Crippen molar-refractivity contribution in [3.8, 4) is 0 Å². The summed E-state index contributed by atoms with van der Waals surface area (Å²) in [5, 5.41) is 13.3. The first kappa shape index (κ1) is 18.1. The van der Waals surface area contributed by atoms with Crippen molar-refractivity contribution < 1.29 is 24.0 Å². The Balaban J connectivity index is 2.95. The molecule has 1 amide bonds. The Hall–Kier alpha value is -2.90. The van der Waals surface area contributed by atoms with Crippen molar-refractivity contribution in [2.75, 3.05) is 13.2 Å². The number of carbonyl (C=O) groups excluding carboxylic acids is 2. The van der Waals surface area contributed by atoms with Crippen molar-refractivity contribution in [2.45, 2.75) is 19.4 Å². The molecule has 1 atom stereocenters. The molecule has 1 rings (SSSR count). The van der Waals surface area contributed by atoms with Gasteiger partial charge in [-0.15, -0.1) is 0 Å². The Morgan fingerprint density at radius 3 is 2.78 bits per heavy atom. The number of nitrogens with zero attached hydrogens (tertiary/aromatic N) is 1. The zero-order chi connectivity index (χ0) is 17.2. The number of alkyl carbamates (subject to hydrolysis) is 1. The summed E-state index contributed by atoms with van der Waals surface area (Å²) in [6.45, 7) is 5.28. The van der Waals surface area contributed by atoms with E-state index in [1.165, 1.54) is 24.3 Å². The van der Waals surface area contributed by atoms with Crippen molar-refractivity contribution in [3.63, 3.8) is 0 Å². The normalized spacial score (nSPS) is 11.2. The Kier molecular flexibility index (Phi) is 7.25. The average Bonchev–Trinajstić information content (AvgIpc) is 2.52. The van der Waals surface area contributed by atoms with Crippen LogP contribution in [0, 0.1) is 10.1 Å². The summed E-state index contributed by atoms with van der Waals surface area (Å²) in [6, 6.07) is 4.86. The predicted octanol–water partition coefficient (Wildman–Crippen LogP) is 2.50. The van der Waals surface area contributed by atoms with Crippen LogP contribution in [0.1, 0.15) is 24.9 Å². The summed E-state index contributed by atoms with van der Waals surface area (Å²) in [5.74, 6) is -0.534. The molecule has 0 aliphatic carbocycles. The van der Waals surface area contributed by atoms with E-state index in [1.54, 1.807) is 13.0 Å². The molecule has 8 nitrogen and oxygen atoms in total. The van der Waals surface area contributed by atoms with Gasteiger partial charge in [0.25, 0.3) is 5.69 Å². The number of ether oxygens (including phenoxy) is 2. The molecule has 0 spiro atoms. The first-order chi connectivity index (χ1) is 11.0. The molecule has 0 fully saturated rings. The smallest absolute Gasteiger partial charge is 0.407 e. The summed E-state index contributed by atoms with van der Waals surface area (Å²) < 4.78 is 9.66. The van der Waals surface area contributed by atoms with Crippen LogP contribution in [0.4, 0.5) is 10.5 Å². The number of rotatable bonds is 8. The fraction of sp³-hybridized carbons (Fsp3) is 0.333. The molecule has 124 valence electrons. The molecule has 0 aliphatic heterocycles. The zero-order valence-electron chi connectivity index (χ0n) is 12.7. The fourth-order valence-electron chi connectivity index (χ4n) is 1.81. The third kappa shape index (κ3) is 6.16. The van der Waals surface area contributed by atoms with Crippen molar-refractivity contribution >= 4 is 17.7 Å². The molecule has 0 aromatic heterocycles. The highest BCUT2D eigenvalue weighted by Gasteiger charge is 2.21. The van der Waals surface area contributed by atoms with Gasteiger partial charge in [0.2, 0.25) is 0 Å². The van der Waals surface area contributed by atoms with Crippen LogP contribution in [0.2, 0.25) is 0 Å². The van der Waals surface area contributed by atoms with Crippen LogP contribution in [0.5, 0.6) is 0 Å². The lowest BCUT2D eigenvalue weighted by Gasteiger charge is -2.18. The number of non-ortho nitro benzene ring substituents is 1. The Labute approximate surface area is 133 Å². The van der Waals surface area contributed by atoms with E-state index in [9.17, 15) is 19.7 Å². The Morgan fingerprint density at radius 1 is 1.43 bits per heavy atom. The summed E-state index contributed by atoms with van der Waals surface area (Å²) in [5.41, 5.74) is 0.264. The SMILES string of the molecule is C=CCOC(=O)N[C@@H](CC(=O)OCC)c1cccc([N+](=O)[O-])c1. The van der Waals surface area contributed by atoms with Crippen molar-refractivity contribution in [1.82, 2.24) is 5.32 Å². The number of benzene rings is 1. The third-order valence-electron chi connectivity index (χ3n) is 2.78. The van der Waals surface area contributed by atoms with E-state index in [-0.39, 0.29) is 25.3 Å². The highest BCUT2D eigenvalue weighted by molar-refractivity contribution is 5.73. The second-order valence-corrected chi connectivity index (χ2v) is 4.45. The molecule has 0 heterocycles. The zero-order valence-corrected chi connectivity index (χ0v) is 12.7. The van der Waals surface area contributed by atoms with E-state index in [2.05, 4.69) is 11.9 Å². The summed E-state index contributed by atoms with van der Waals surface area (Å²) in [7, 11) is 0. The number of nitrogens with one attached hydrogen (secondary N) is 1. The molecule has 0 bridgehead atoms. The lowest BCUT2D eigenvalue weighted by molar-refractivity contribution is -0.384. The van der Waals surface area contributed by atoms with Gasteiger partial charge in [0, 0.05) is 12.1 Å². The standard InChI is InChI=1S/C15H18N2O6/c1-3-8-23-15(19)16-13(10-14(18)22-4-2)11-6-5-7-12(9-11)17(20)21/h3,5-7,9,13H,1,4,8,10H2,2H3,(H,16,19)/t13-/m0/s1. The molecule has 1 N–H and O–H groups in total. The van der Waals surface area contributed by atoms with Crippen LogP contribution in [0.15, 0.2) is 36.9 Å². The van der Waals surface area contributed by atoms with Crippen LogP contribution >= 0.6 is 0 Å². The van der Waals surface area contributed by atoms with Crippen LogP contribution in [-0.4, -0.2) is 30.2 Å². The van der Waals surface area contributed by atoms with E-state index in [1.807, 2.05) is 0 Å². The average molecular weight is 322 g/mol. The highest BCUT2D eigenvalue weighted by Crippen LogP contribution is 2.22. The number of esters is 1. The maximum Gasteiger partial charge on any atom is 0.407 e. The van der Waals surface area contributed by atoms with E-state index in [0.717, 1.165) is 0 Å². The van der Waals surface area contributed by atoms with E-state index < -0.39 is 23.0 Å². The highest BCUT2D eigenvalue weighted by atomic mass is 16.6. The van der Waals surface area contributed by atoms with Gasteiger partial charge in [-0.05, 0) is 12.5 Å². The molecule has 1 aromatic rings. The van der Waals surface area contributed by atoms with Gasteiger partial charge in [-0.25, -0.2) is 4.79 Å². The minimum absolute atomic E-state index is 0.00684. The summed E-state index contributed by atoms with van der Waals surface area (Å²) >= 11 is 0. The minimum atomic E-state index is -0.800. The lowest BCUT2D eigenvalue weighted by atomic mass is 10.0. The van der Waals surface area contributed by atoms with Crippen LogP contribution in [0.3, 0.4) is 0 Å². The molecule has 0 aliphatic rings. The van der Waals surface area contributed by atoms with Gasteiger partial charge in [-0.3, -0.25) is 14.9 Å². The molecular weight excluding hydrogens is 304 g/mol. The quantitative estimate of drug-likeness (QED) is 0.341. The van der Waals surface area contributed by atoms with E-state index in [0.29, 0.717) is 5.56 Å². The molecule has 8 heteroatoms. The van der Waals surface area contributed by atoms with Gasteiger partial charge in [-0.1, -0.05) is 24.8 Å². The van der Waals surface area contributed by atoms with Gasteiger partial charge < -0.3 is 14.8 Å². The number of nitro groups is 1. The number of amides is 1. The molecule has 1 aromatic carbocycles. The summed E-state index contributed by atoms with van der Waals surface area (Å²) in [6.07, 6.45) is 0.469. The summed E-state index contributed by atoms with van der Waals surface area (Å²) in [4.78, 5) is 33.7. The minimum Gasteiger partial charge on any atom is -0.466 e. The van der Waals surface area contributed by atoms with Gasteiger partial charge >= 0.3 is 12.1 Å². The number of nitro benzene ring substituents is 1. The van der Waals surface area contributed by atoms with Crippen LogP contribution in [-0.2, 0) is 14.3 Å². The van der Waals surface area contributed by atoms with Crippen LogP contribution < -0.4 is 5.32 Å². The van der Waals surface area contributed by atoms with Crippen LogP contribution in [0.25, 0.3) is 0 Å². The van der Waals surface area contributed by atoms with Gasteiger partial charge in [-0.2, -0.15) is 0 Å².